The van der Waals surface area contributed by atoms with E-state index in [1.165, 1.54) is 10.9 Å². The zero-order valence-corrected chi connectivity index (χ0v) is 9.77. The lowest BCUT2D eigenvalue weighted by Gasteiger charge is -2.18. The highest BCUT2D eigenvalue weighted by Crippen LogP contribution is 2.20. The van der Waals surface area contributed by atoms with E-state index in [1.807, 2.05) is 0 Å². The Hall–Kier alpha value is -0.0600. The first kappa shape index (κ1) is 11.9. The van der Waals surface area contributed by atoms with Crippen LogP contribution in [0.4, 0.5) is 0 Å². The predicted octanol–water partition coefficient (Wildman–Crippen LogP) is 2.91. The summed E-state index contributed by atoms with van der Waals surface area (Å²) in [6.45, 7) is 6.68. The fourth-order valence-corrected chi connectivity index (χ4v) is 1.18. The third-order valence-corrected chi connectivity index (χ3v) is 2.16. The maximum absolute atomic E-state index is 2.69. The fraction of sp³-hybridized carbons (Fsp3) is 0.400. The molecule has 12 heavy (non-hydrogen) atoms. The van der Waals surface area contributed by atoms with Crippen molar-refractivity contribution in [3.8, 4) is 0 Å². The third kappa shape index (κ3) is 3.13. The van der Waals surface area contributed by atoms with Crippen molar-refractivity contribution in [3.63, 3.8) is 0 Å². The summed E-state index contributed by atoms with van der Waals surface area (Å²) in [5, 5.41) is 1.25. The van der Waals surface area contributed by atoms with E-state index in [0.717, 1.165) is 0 Å². The Labute approximate surface area is 83.4 Å². The number of rotatable bonds is 0. The van der Waals surface area contributed by atoms with Crippen molar-refractivity contribution < 1.29 is 0 Å². The topological polar surface area (TPSA) is 0 Å². The molecule has 2 heteroatoms. The van der Waals surface area contributed by atoms with Crippen LogP contribution in [-0.2, 0) is 5.41 Å². The van der Waals surface area contributed by atoms with Gasteiger partial charge in [0.25, 0.3) is 0 Å². The molecule has 0 N–H and O–H groups in total. The van der Waals surface area contributed by atoms with Crippen molar-refractivity contribution in [1.29, 1.82) is 0 Å². The first-order valence-electron chi connectivity index (χ1n) is 3.86. The van der Waals surface area contributed by atoms with E-state index in [1.54, 1.807) is 0 Å². The van der Waals surface area contributed by atoms with Gasteiger partial charge >= 0.3 is 0 Å². The summed E-state index contributed by atoms with van der Waals surface area (Å²) in [5.41, 5.74) is 1.67. The fourth-order valence-electron chi connectivity index (χ4n) is 0.983. The summed E-state index contributed by atoms with van der Waals surface area (Å²) in [4.78, 5) is 0. The maximum atomic E-state index is 2.69. The van der Waals surface area contributed by atoms with Gasteiger partial charge in [-0.2, -0.15) is 0 Å². The number of benzene rings is 1. The van der Waals surface area contributed by atoms with Gasteiger partial charge in [0.05, 0.1) is 0 Å². The summed E-state index contributed by atoms with van der Waals surface area (Å²) < 4.78 is 0. The molecule has 1 rings (SSSR count). The van der Waals surface area contributed by atoms with Crippen LogP contribution in [0.2, 0.25) is 0 Å². The van der Waals surface area contributed by atoms with E-state index in [9.17, 15) is 0 Å². The summed E-state index contributed by atoms with van der Waals surface area (Å²) >= 11 is 0. The summed E-state index contributed by atoms with van der Waals surface area (Å²) in [6.07, 6.45) is 0. The van der Waals surface area contributed by atoms with Crippen LogP contribution in [0, 0.1) is 0 Å². The molecule has 68 valence electrons. The average Bonchev–Trinajstić information content (AvgIpc) is 1.86. The molecule has 0 heterocycles. The summed E-state index contributed by atoms with van der Waals surface area (Å²) in [6, 6.07) is 8.63. The minimum atomic E-state index is 0. The van der Waals surface area contributed by atoms with E-state index in [0.29, 0.717) is 0 Å². The molecular weight excluding hydrogens is 187 g/mol. The lowest BCUT2D eigenvalue weighted by atomic mass is 9.87. The summed E-state index contributed by atoms with van der Waals surface area (Å²) in [7, 11) is 2.69. The Kier molecular flexibility index (Phi) is 4.23. The molecule has 1 unspecified atom stereocenters. The van der Waals surface area contributed by atoms with Crippen LogP contribution in [0.15, 0.2) is 24.3 Å². The Balaban J connectivity index is 0.00000121. The van der Waals surface area contributed by atoms with E-state index < -0.39 is 0 Å². The smallest absolute Gasteiger partial charge is 0.0132 e. The van der Waals surface area contributed by atoms with Crippen molar-refractivity contribution in [2.75, 3.05) is 0 Å². The van der Waals surface area contributed by atoms with E-state index >= 15 is 0 Å². The third-order valence-electron chi connectivity index (χ3n) is 1.78. The van der Waals surface area contributed by atoms with Crippen LogP contribution < -0.4 is 5.30 Å². The molecule has 0 aliphatic carbocycles. The molecule has 0 aliphatic heterocycles. The monoisotopic (exact) mass is 202 g/mol. The normalized spacial score (nSPS) is 10.7. The molecule has 1 atom stereocenters. The molecule has 0 spiro atoms. The number of halogens is 1. The molecule has 1 aromatic carbocycles. The van der Waals surface area contributed by atoms with Crippen molar-refractivity contribution >= 4 is 27.0 Å². The second kappa shape index (κ2) is 4.25. The van der Waals surface area contributed by atoms with Gasteiger partial charge in [-0.1, -0.05) is 45.0 Å². The van der Waals surface area contributed by atoms with Gasteiger partial charge in [0.2, 0.25) is 0 Å². The first-order valence-corrected chi connectivity index (χ1v) is 4.44. The van der Waals surface area contributed by atoms with Crippen LogP contribution in [0.25, 0.3) is 0 Å². The van der Waals surface area contributed by atoms with E-state index in [-0.39, 0.29) is 17.8 Å². The molecule has 0 aromatic heterocycles. The maximum Gasteiger partial charge on any atom is -0.0132 e. The van der Waals surface area contributed by atoms with Gasteiger partial charge in [0.15, 0.2) is 0 Å². The van der Waals surface area contributed by atoms with E-state index in [2.05, 4.69) is 54.3 Å². The van der Waals surface area contributed by atoms with Crippen molar-refractivity contribution in [2.24, 2.45) is 0 Å². The number of hydrogen-bond acceptors (Lipinski definition) is 0. The second-order valence-corrected chi connectivity index (χ2v) is 4.54. The van der Waals surface area contributed by atoms with E-state index in [4.69, 9.17) is 0 Å². The first-order chi connectivity index (χ1) is 5.00. The zero-order chi connectivity index (χ0) is 8.48. The molecule has 0 aliphatic rings. The lowest BCUT2D eigenvalue weighted by molar-refractivity contribution is 0.590. The molecule has 0 bridgehead atoms. The summed E-state index contributed by atoms with van der Waals surface area (Å²) in [5.74, 6) is 0. The highest BCUT2D eigenvalue weighted by atomic mass is 35.5. The molecule has 0 nitrogen and oxygen atoms in total. The van der Waals surface area contributed by atoms with Gasteiger partial charge < -0.3 is 0 Å². The minimum Gasteiger partial charge on any atom is -0.147 e. The van der Waals surface area contributed by atoms with Gasteiger partial charge in [-0.25, -0.2) is 0 Å². The van der Waals surface area contributed by atoms with Gasteiger partial charge in [0.1, 0.15) is 0 Å². The van der Waals surface area contributed by atoms with Crippen LogP contribution >= 0.6 is 21.6 Å². The average molecular weight is 203 g/mol. The molecular formula is C10H16ClP. The zero-order valence-electron chi connectivity index (χ0n) is 7.79. The Bertz CT molecular complexity index is 233. The standard InChI is InChI=1S/C10H15P.ClH/c1-10(2,3)8-4-6-9(11)7-5-8;/h4-7H,11H2,1-3H3;1H. The Morgan fingerprint density at radius 2 is 1.42 bits per heavy atom. The Morgan fingerprint density at radius 1 is 1.00 bits per heavy atom. The predicted molar refractivity (Wildman–Crippen MR) is 61.7 cm³/mol. The van der Waals surface area contributed by atoms with Crippen LogP contribution in [0.1, 0.15) is 26.3 Å². The molecule has 0 radical (unpaired) electrons. The second-order valence-electron chi connectivity index (χ2n) is 3.87. The SMILES string of the molecule is CC(C)(C)c1ccc(P)cc1.Cl. The molecule has 0 saturated carbocycles. The molecule has 0 amide bonds. The highest BCUT2D eigenvalue weighted by molar-refractivity contribution is 7.27. The molecule has 0 saturated heterocycles. The largest absolute Gasteiger partial charge is 0.147 e. The lowest BCUT2D eigenvalue weighted by Crippen LogP contribution is -2.11. The Morgan fingerprint density at radius 3 is 1.75 bits per heavy atom. The van der Waals surface area contributed by atoms with Gasteiger partial charge in [-0.05, 0) is 16.3 Å². The molecule has 0 fully saturated rings. The van der Waals surface area contributed by atoms with Gasteiger partial charge in [0, 0.05) is 0 Å². The van der Waals surface area contributed by atoms with Crippen molar-refractivity contribution in [2.45, 2.75) is 26.2 Å². The van der Waals surface area contributed by atoms with Crippen LogP contribution in [0.5, 0.6) is 0 Å². The van der Waals surface area contributed by atoms with Crippen molar-refractivity contribution in [3.05, 3.63) is 29.8 Å². The van der Waals surface area contributed by atoms with Crippen LogP contribution in [-0.4, -0.2) is 0 Å². The number of hydrogen-bond donors (Lipinski definition) is 0. The quantitative estimate of drug-likeness (QED) is 0.568. The molecule has 1 aromatic rings. The van der Waals surface area contributed by atoms with Crippen LogP contribution in [0.3, 0.4) is 0 Å². The van der Waals surface area contributed by atoms with Crippen molar-refractivity contribution in [1.82, 2.24) is 0 Å². The minimum absolute atomic E-state index is 0. The van der Waals surface area contributed by atoms with Gasteiger partial charge in [-0.3, -0.25) is 0 Å². The highest BCUT2D eigenvalue weighted by Gasteiger charge is 2.11. The van der Waals surface area contributed by atoms with Gasteiger partial charge in [-0.15, -0.1) is 21.6 Å².